The lowest BCUT2D eigenvalue weighted by molar-refractivity contribution is -0.130. The van der Waals surface area contributed by atoms with E-state index in [2.05, 4.69) is 22.6 Å². The van der Waals surface area contributed by atoms with E-state index >= 15 is 0 Å². The first-order valence-electron chi connectivity index (χ1n) is 6.48. The normalized spacial score (nSPS) is 15.5. The summed E-state index contributed by atoms with van der Waals surface area (Å²) in [7, 11) is 1.61. The van der Waals surface area contributed by atoms with Crippen molar-refractivity contribution in [3.63, 3.8) is 0 Å². The van der Waals surface area contributed by atoms with Crippen molar-refractivity contribution < 1.29 is 14.3 Å². The van der Waals surface area contributed by atoms with Gasteiger partial charge < -0.3 is 14.4 Å². The molecule has 1 aliphatic rings. The van der Waals surface area contributed by atoms with E-state index in [1.807, 2.05) is 24.3 Å². The van der Waals surface area contributed by atoms with Gasteiger partial charge in [0.1, 0.15) is 17.4 Å². The fraction of sp³-hybridized carbons (Fsp3) is 0.333. The topological polar surface area (TPSA) is 62.6 Å². The van der Waals surface area contributed by atoms with Gasteiger partial charge in [-0.2, -0.15) is 5.26 Å². The number of ether oxygens (including phenoxy) is 2. The van der Waals surface area contributed by atoms with E-state index in [0.29, 0.717) is 26.3 Å². The number of hydrogen-bond donors (Lipinski definition) is 0. The van der Waals surface area contributed by atoms with Crippen LogP contribution in [0.1, 0.15) is 5.56 Å². The first-order valence-corrected chi connectivity index (χ1v) is 7.56. The van der Waals surface area contributed by atoms with E-state index in [-0.39, 0.29) is 11.5 Å². The summed E-state index contributed by atoms with van der Waals surface area (Å²) in [5.74, 6) is 0.525. The van der Waals surface area contributed by atoms with E-state index in [9.17, 15) is 10.1 Å². The second-order valence-corrected chi connectivity index (χ2v) is 5.63. The number of methoxy groups -OCH3 is 1. The van der Waals surface area contributed by atoms with Crippen LogP contribution in [-0.4, -0.2) is 44.2 Å². The van der Waals surface area contributed by atoms with Gasteiger partial charge in [-0.1, -0.05) is 6.07 Å². The van der Waals surface area contributed by atoms with Gasteiger partial charge in [0, 0.05) is 13.1 Å². The lowest BCUT2D eigenvalue weighted by Crippen LogP contribution is -2.41. The molecule has 5 nitrogen and oxygen atoms in total. The third-order valence-corrected chi connectivity index (χ3v) is 3.98. The summed E-state index contributed by atoms with van der Waals surface area (Å²) < 4.78 is 11.3. The minimum Gasteiger partial charge on any atom is -0.496 e. The van der Waals surface area contributed by atoms with Crippen LogP contribution in [0.15, 0.2) is 23.8 Å². The van der Waals surface area contributed by atoms with Crippen LogP contribution in [0.25, 0.3) is 6.08 Å². The van der Waals surface area contributed by atoms with Crippen LogP contribution < -0.4 is 4.74 Å². The number of carbonyl (C=O) groups is 1. The van der Waals surface area contributed by atoms with E-state index < -0.39 is 0 Å². The highest BCUT2D eigenvalue weighted by atomic mass is 127. The van der Waals surface area contributed by atoms with Crippen LogP contribution in [0.5, 0.6) is 5.75 Å². The summed E-state index contributed by atoms with van der Waals surface area (Å²) in [5, 5.41) is 9.23. The molecule has 0 unspecified atom stereocenters. The van der Waals surface area contributed by atoms with Crippen LogP contribution in [-0.2, 0) is 9.53 Å². The number of nitriles is 1. The summed E-state index contributed by atoms with van der Waals surface area (Å²) in [6.45, 7) is 2.09. The van der Waals surface area contributed by atoms with Crippen molar-refractivity contribution in [2.75, 3.05) is 33.4 Å². The maximum Gasteiger partial charge on any atom is 0.264 e. The average Bonchev–Trinajstić information content (AvgIpc) is 2.53. The Labute approximate surface area is 137 Å². The average molecular weight is 398 g/mol. The van der Waals surface area contributed by atoms with Crippen LogP contribution in [0.4, 0.5) is 0 Å². The zero-order valence-corrected chi connectivity index (χ0v) is 13.8. The van der Waals surface area contributed by atoms with Gasteiger partial charge in [-0.25, -0.2) is 0 Å². The van der Waals surface area contributed by atoms with Crippen molar-refractivity contribution in [1.82, 2.24) is 4.90 Å². The Morgan fingerprint density at radius 2 is 2.19 bits per heavy atom. The van der Waals surface area contributed by atoms with Gasteiger partial charge in [-0.05, 0) is 46.4 Å². The number of nitrogens with zero attached hydrogens (tertiary/aromatic N) is 2. The highest BCUT2D eigenvalue weighted by Crippen LogP contribution is 2.23. The van der Waals surface area contributed by atoms with Gasteiger partial charge in [0.05, 0.1) is 23.9 Å². The maximum absolute atomic E-state index is 12.3. The Kier molecular flexibility index (Phi) is 5.59. The Morgan fingerprint density at radius 1 is 1.48 bits per heavy atom. The molecule has 0 N–H and O–H groups in total. The number of halogens is 1. The number of carbonyl (C=O) groups excluding carboxylic acids is 1. The molecule has 1 aliphatic heterocycles. The third-order valence-electron chi connectivity index (χ3n) is 3.14. The number of amides is 1. The number of rotatable bonds is 3. The molecule has 1 aromatic carbocycles. The molecular formula is C15H15IN2O3. The minimum absolute atomic E-state index is 0.137. The Hall–Kier alpha value is -1.59. The van der Waals surface area contributed by atoms with E-state index in [4.69, 9.17) is 9.47 Å². The molecule has 21 heavy (non-hydrogen) atoms. The van der Waals surface area contributed by atoms with Crippen molar-refractivity contribution in [2.24, 2.45) is 0 Å². The highest BCUT2D eigenvalue weighted by molar-refractivity contribution is 14.1. The van der Waals surface area contributed by atoms with Crippen molar-refractivity contribution in [3.05, 3.63) is 32.9 Å². The first kappa shape index (κ1) is 15.8. The predicted molar refractivity (Wildman–Crippen MR) is 86.7 cm³/mol. The summed E-state index contributed by atoms with van der Waals surface area (Å²) in [6.07, 6.45) is 1.61. The summed E-state index contributed by atoms with van der Waals surface area (Å²) >= 11 is 2.16. The highest BCUT2D eigenvalue weighted by Gasteiger charge is 2.20. The predicted octanol–water partition coefficient (Wildman–Crippen LogP) is 2.07. The molecule has 1 heterocycles. The zero-order valence-electron chi connectivity index (χ0n) is 11.6. The monoisotopic (exact) mass is 398 g/mol. The molecule has 0 saturated carbocycles. The maximum atomic E-state index is 12.3. The molecule has 0 radical (unpaired) electrons. The van der Waals surface area contributed by atoms with Gasteiger partial charge in [-0.3, -0.25) is 4.79 Å². The quantitative estimate of drug-likeness (QED) is 0.445. The molecule has 110 valence electrons. The standard InChI is InChI=1S/C15H15IN2O3/c1-20-14-3-2-11(9-13(14)16)8-12(10-17)15(19)18-4-6-21-7-5-18/h2-3,8-9H,4-7H2,1H3. The molecule has 0 spiro atoms. The van der Waals surface area contributed by atoms with Crippen LogP contribution >= 0.6 is 22.6 Å². The Morgan fingerprint density at radius 3 is 2.76 bits per heavy atom. The Bertz CT molecular complexity index is 601. The largest absolute Gasteiger partial charge is 0.496 e. The fourth-order valence-electron chi connectivity index (χ4n) is 2.02. The first-order chi connectivity index (χ1) is 10.2. The summed E-state index contributed by atoms with van der Waals surface area (Å²) in [6, 6.07) is 7.51. The van der Waals surface area contributed by atoms with Gasteiger partial charge in [0.25, 0.3) is 5.91 Å². The Balaban J connectivity index is 2.22. The van der Waals surface area contributed by atoms with Crippen LogP contribution in [0.2, 0.25) is 0 Å². The molecule has 0 atom stereocenters. The van der Waals surface area contributed by atoms with Gasteiger partial charge >= 0.3 is 0 Å². The van der Waals surface area contributed by atoms with E-state index in [1.54, 1.807) is 18.1 Å². The van der Waals surface area contributed by atoms with Gasteiger partial charge in [0.15, 0.2) is 0 Å². The summed E-state index contributed by atoms with van der Waals surface area (Å²) in [4.78, 5) is 13.9. The van der Waals surface area contributed by atoms with Crippen LogP contribution in [0, 0.1) is 14.9 Å². The smallest absolute Gasteiger partial charge is 0.264 e. The van der Waals surface area contributed by atoms with Crippen molar-refractivity contribution in [2.45, 2.75) is 0 Å². The molecule has 0 aromatic heterocycles. The number of hydrogen-bond acceptors (Lipinski definition) is 4. The minimum atomic E-state index is -0.244. The van der Waals surface area contributed by atoms with Crippen molar-refractivity contribution >= 4 is 34.6 Å². The molecule has 1 fully saturated rings. The molecule has 2 rings (SSSR count). The third kappa shape index (κ3) is 3.95. The van der Waals surface area contributed by atoms with E-state index in [1.165, 1.54) is 0 Å². The second kappa shape index (κ2) is 7.43. The van der Waals surface area contributed by atoms with Gasteiger partial charge in [0.2, 0.25) is 0 Å². The lowest BCUT2D eigenvalue weighted by atomic mass is 10.1. The van der Waals surface area contributed by atoms with Crippen molar-refractivity contribution in [3.8, 4) is 11.8 Å². The second-order valence-electron chi connectivity index (χ2n) is 4.47. The molecule has 0 aliphatic carbocycles. The summed E-state index contributed by atoms with van der Waals surface area (Å²) in [5.41, 5.74) is 0.941. The van der Waals surface area contributed by atoms with Crippen molar-refractivity contribution in [1.29, 1.82) is 5.26 Å². The van der Waals surface area contributed by atoms with Crippen LogP contribution in [0.3, 0.4) is 0 Å². The molecule has 1 saturated heterocycles. The zero-order chi connectivity index (χ0) is 15.2. The lowest BCUT2D eigenvalue weighted by Gasteiger charge is -2.26. The molecule has 6 heteroatoms. The fourth-order valence-corrected chi connectivity index (χ4v) is 2.78. The SMILES string of the molecule is COc1ccc(C=C(C#N)C(=O)N2CCOCC2)cc1I. The molecule has 0 bridgehead atoms. The molecule has 1 aromatic rings. The number of benzene rings is 1. The number of morpholine rings is 1. The van der Waals surface area contributed by atoms with Gasteiger partial charge in [-0.15, -0.1) is 0 Å². The molecule has 1 amide bonds. The molecular weight excluding hydrogens is 383 g/mol. The van der Waals surface area contributed by atoms with E-state index in [0.717, 1.165) is 14.9 Å².